The maximum atomic E-state index is 11.7. The first-order valence-corrected chi connectivity index (χ1v) is 7.54. The largest absolute Gasteiger partial charge is 0.342 e. The summed E-state index contributed by atoms with van der Waals surface area (Å²) in [4.78, 5) is 27.0. The van der Waals surface area contributed by atoms with Crippen molar-refractivity contribution in [3.05, 3.63) is 29.2 Å². The van der Waals surface area contributed by atoms with Crippen LogP contribution < -0.4 is 10.2 Å². The van der Waals surface area contributed by atoms with E-state index >= 15 is 0 Å². The number of carbonyl (C=O) groups is 1. The van der Waals surface area contributed by atoms with E-state index in [-0.39, 0.29) is 5.91 Å². The van der Waals surface area contributed by atoms with Crippen molar-refractivity contribution in [2.75, 3.05) is 18.0 Å². The lowest BCUT2D eigenvalue weighted by Gasteiger charge is -2.26. The fraction of sp³-hybridized carbons (Fsp3) is 0.533. The predicted molar refractivity (Wildman–Crippen MR) is 82.9 cm³/mol. The number of anilines is 1. The van der Waals surface area contributed by atoms with E-state index in [4.69, 9.17) is 4.52 Å². The second kappa shape index (κ2) is 5.60. The number of rotatable bonds is 3. The lowest BCUT2D eigenvalue weighted by molar-refractivity contribution is -0.120. The van der Waals surface area contributed by atoms with Crippen LogP contribution >= 0.6 is 0 Å². The van der Waals surface area contributed by atoms with Crippen molar-refractivity contribution in [2.24, 2.45) is 0 Å². The van der Waals surface area contributed by atoms with Crippen molar-refractivity contribution >= 4 is 11.9 Å². The fourth-order valence-electron chi connectivity index (χ4n) is 2.82. The van der Waals surface area contributed by atoms with E-state index in [1.54, 1.807) is 6.92 Å². The summed E-state index contributed by atoms with van der Waals surface area (Å²) in [6.07, 6.45) is 2.48. The zero-order chi connectivity index (χ0) is 16.6. The third kappa shape index (κ3) is 2.88. The van der Waals surface area contributed by atoms with Gasteiger partial charge in [-0.15, -0.1) is 0 Å². The maximum Gasteiger partial charge on any atom is 0.225 e. The van der Waals surface area contributed by atoms with Gasteiger partial charge in [-0.05, 0) is 25.8 Å². The Morgan fingerprint density at radius 2 is 2.13 bits per heavy atom. The molecule has 1 amide bonds. The molecule has 1 aliphatic rings. The first-order valence-electron chi connectivity index (χ1n) is 7.54. The Balaban J connectivity index is 1.91. The molecule has 122 valence electrons. The number of carbonyl (C=O) groups excluding carboxylic acids is 1. The Morgan fingerprint density at radius 1 is 1.35 bits per heavy atom. The van der Waals surface area contributed by atoms with Crippen LogP contribution in [-0.2, 0) is 10.3 Å². The summed E-state index contributed by atoms with van der Waals surface area (Å²) < 4.78 is 5.10. The second-order valence-electron chi connectivity index (χ2n) is 6.01. The van der Waals surface area contributed by atoms with E-state index in [1.165, 1.54) is 6.92 Å². The van der Waals surface area contributed by atoms with E-state index in [2.05, 4.69) is 25.4 Å². The monoisotopic (exact) mass is 316 g/mol. The topological polar surface area (TPSA) is 97.0 Å². The minimum absolute atomic E-state index is 0.129. The van der Waals surface area contributed by atoms with Crippen LogP contribution in [0.5, 0.6) is 0 Å². The van der Waals surface area contributed by atoms with Gasteiger partial charge >= 0.3 is 0 Å². The van der Waals surface area contributed by atoms with E-state index in [0.717, 1.165) is 11.3 Å². The molecule has 1 aliphatic heterocycles. The summed E-state index contributed by atoms with van der Waals surface area (Å²) >= 11 is 0. The third-order valence-electron chi connectivity index (χ3n) is 4.14. The molecule has 2 aromatic rings. The van der Waals surface area contributed by atoms with Gasteiger partial charge in [-0.3, -0.25) is 4.79 Å². The Labute approximate surface area is 134 Å². The van der Waals surface area contributed by atoms with Crippen LogP contribution in [0.3, 0.4) is 0 Å². The van der Waals surface area contributed by atoms with Crippen LogP contribution in [-0.4, -0.2) is 39.1 Å². The highest BCUT2D eigenvalue weighted by Gasteiger charge is 2.45. The zero-order valence-electron chi connectivity index (χ0n) is 13.8. The van der Waals surface area contributed by atoms with Gasteiger partial charge in [-0.2, -0.15) is 4.98 Å². The molecule has 2 aromatic heterocycles. The van der Waals surface area contributed by atoms with Gasteiger partial charge in [-0.25, -0.2) is 9.97 Å². The van der Waals surface area contributed by atoms with Crippen molar-refractivity contribution in [3.8, 4) is 0 Å². The fourth-order valence-corrected chi connectivity index (χ4v) is 2.82. The van der Waals surface area contributed by atoms with Gasteiger partial charge in [0, 0.05) is 32.3 Å². The first-order chi connectivity index (χ1) is 10.9. The van der Waals surface area contributed by atoms with Crippen LogP contribution in [0.4, 0.5) is 5.95 Å². The third-order valence-corrected chi connectivity index (χ3v) is 4.14. The molecule has 0 radical (unpaired) electrons. The van der Waals surface area contributed by atoms with Crippen molar-refractivity contribution in [2.45, 2.75) is 39.7 Å². The zero-order valence-corrected chi connectivity index (χ0v) is 13.8. The smallest absolute Gasteiger partial charge is 0.225 e. The molecule has 0 aromatic carbocycles. The highest BCUT2D eigenvalue weighted by molar-refractivity contribution is 5.74. The first kappa shape index (κ1) is 15.4. The summed E-state index contributed by atoms with van der Waals surface area (Å²) in [5.41, 5.74) is 1.32. The van der Waals surface area contributed by atoms with Gasteiger partial charge in [0.05, 0.1) is 6.54 Å². The molecule has 3 rings (SSSR count). The van der Waals surface area contributed by atoms with Gasteiger partial charge in [-0.1, -0.05) is 5.16 Å². The number of hydrogen-bond acceptors (Lipinski definition) is 7. The molecule has 0 spiro atoms. The van der Waals surface area contributed by atoms with E-state index in [1.807, 2.05) is 24.9 Å². The summed E-state index contributed by atoms with van der Waals surface area (Å²) in [7, 11) is 0. The Kier molecular flexibility index (Phi) is 3.75. The molecule has 1 atom stereocenters. The highest BCUT2D eigenvalue weighted by Crippen LogP contribution is 2.32. The molecule has 1 N–H and O–H groups in total. The average molecular weight is 316 g/mol. The van der Waals surface area contributed by atoms with Crippen molar-refractivity contribution in [1.29, 1.82) is 0 Å². The molecule has 1 fully saturated rings. The van der Waals surface area contributed by atoms with E-state index in [9.17, 15) is 4.79 Å². The van der Waals surface area contributed by atoms with Gasteiger partial charge in [0.25, 0.3) is 0 Å². The Bertz CT molecular complexity index is 743. The molecule has 23 heavy (non-hydrogen) atoms. The summed E-state index contributed by atoms with van der Waals surface area (Å²) in [5, 5.41) is 7.00. The van der Waals surface area contributed by atoms with E-state index < -0.39 is 5.54 Å². The van der Waals surface area contributed by atoms with Crippen LogP contribution in [0, 0.1) is 20.8 Å². The molecule has 3 heterocycles. The van der Waals surface area contributed by atoms with Crippen molar-refractivity contribution in [1.82, 2.24) is 25.4 Å². The quantitative estimate of drug-likeness (QED) is 0.903. The normalized spacial score (nSPS) is 20.8. The molecule has 8 nitrogen and oxygen atoms in total. The number of hydrogen-bond donors (Lipinski definition) is 1. The van der Waals surface area contributed by atoms with Gasteiger partial charge in [0.15, 0.2) is 5.82 Å². The lowest BCUT2D eigenvalue weighted by atomic mass is 9.97. The minimum Gasteiger partial charge on any atom is -0.342 e. The highest BCUT2D eigenvalue weighted by atomic mass is 16.5. The number of amides is 1. The van der Waals surface area contributed by atoms with E-state index in [0.29, 0.717) is 37.2 Å². The number of aromatic nitrogens is 4. The molecular weight excluding hydrogens is 296 g/mol. The van der Waals surface area contributed by atoms with Crippen LogP contribution in [0.2, 0.25) is 0 Å². The summed E-state index contributed by atoms with van der Waals surface area (Å²) in [6.45, 7) is 8.37. The summed E-state index contributed by atoms with van der Waals surface area (Å²) in [5.74, 6) is 1.50. The SMILES string of the molecule is CC(=O)N[C@@]1(c2noc(C)n2)CCN(c2ncc(C)c(C)n2)C1. The number of nitrogens with zero attached hydrogens (tertiary/aromatic N) is 5. The Morgan fingerprint density at radius 3 is 2.74 bits per heavy atom. The molecule has 0 bridgehead atoms. The minimum atomic E-state index is -0.675. The standard InChI is InChI=1S/C15H20N6O2/c1-9-7-16-14(17-10(9)2)21-6-5-15(8-21,19-11(3)22)13-18-12(4)23-20-13/h7H,5-6,8H2,1-4H3,(H,19,22)/t15-/m0/s1. The van der Waals surface area contributed by atoms with Crippen molar-refractivity contribution < 1.29 is 9.32 Å². The summed E-state index contributed by atoms with van der Waals surface area (Å²) in [6, 6.07) is 0. The molecule has 0 unspecified atom stereocenters. The van der Waals surface area contributed by atoms with Gasteiger partial charge in [0.2, 0.25) is 17.7 Å². The molecular formula is C15H20N6O2. The van der Waals surface area contributed by atoms with Crippen LogP contribution in [0.25, 0.3) is 0 Å². The van der Waals surface area contributed by atoms with Crippen LogP contribution in [0.1, 0.15) is 36.3 Å². The molecule has 1 saturated heterocycles. The number of aryl methyl sites for hydroxylation is 3. The van der Waals surface area contributed by atoms with Gasteiger partial charge in [0.1, 0.15) is 5.54 Å². The molecule has 0 aliphatic carbocycles. The second-order valence-corrected chi connectivity index (χ2v) is 6.01. The number of nitrogens with one attached hydrogen (secondary N) is 1. The van der Waals surface area contributed by atoms with Crippen LogP contribution in [0.15, 0.2) is 10.7 Å². The lowest BCUT2D eigenvalue weighted by Crippen LogP contribution is -2.48. The Hall–Kier alpha value is -2.51. The predicted octanol–water partition coefficient (Wildman–Crippen LogP) is 1.03. The average Bonchev–Trinajstić information content (AvgIpc) is 3.09. The van der Waals surface area contributed by atoms with Crippen molar-refractivity contribution in [3.63, 3.8) is 0 Å². The molecule has 0 saturated carbocycles. The molecule has 8 heteroatoms. The van der Waals surface area contributed by atoms with Gasteiger partial charge < -0.3 is 14.7 Å². The maximum absolute atomic E-state index is 11.7.